The number of aromatic carboxylic acids is 1. The van der Waals surface area contributed by atoms with Crippen LogP contribution in [0, 0.1) is 5.41 Å². The minimum atomic E-state index is -0.957. The molecule has 0 heterocycles. The Hall–Kier alpha value is -1.84. The molecule has 0 aliphatic carbocycles. The van der Waals surface area contributed by atoms with E-state index >= 15 is 0 Å². The molecule has 1 rings (SSSR count). The highest BCUT2D eigenvalue weighted by molar-refractivity contribution is 5.87. The molecule has 0 aliphatic heterocycles. The maximum absolute atomic E-state index is 11.7. The van der Waals surface area contributed by atoms with Crippen molar-refractivity contribution in [2.24, 2.45) is 5.41 Å². The van der Waals surface area contributed by atoms with Crippen molar-refractivity contribution in [3.8, 4) is 0 Å². The van der Waals surface area contributed by atoms with Crippen LogP contribution >= 0.6 is 0 Å². The molecule has 0 spiro atoms. The zero-order chi connectivity index (χ0) is 14.5. The van der Waals surface area contributed by atoms with Crippen LogP contribution < -0.4 is 5.32 Å². The minimum absolute atomic E-state index is 0.00402. The van der Waals surface area contributed by atoms with Gasteiger partial charge in [-0.3, -0.25) is 4.79 Å². The summed E-state index contributed by atoms with van der Waals surface area (Å²) in [5.74, 6) is -0.962. The summed E-state index contributed by atoms with van der Waals surface area (Å²) in [7, 11) is 0. The summed E-state index contributed by atoms with van der Waals surface area (Å²) < 4.78 is 0. The van der Waals surface area contributed by atoms with Crippen LogP contribution in [0.2, 0.25) is 0 Å². The molecular formula is C15H21NO3. The highest BCUT2D eigenvalue weighted by Gasteiger charge is 2.12. The van der Waals surface area contributed by atoms with E-state index in [0.29, 0.717) is 13.0 Å². The molecule has 0 saturated carbocycles. The molecule has 19 heavy (non-hydrogen) atoms. The topological polar surface area (TPSA) is 66.4 Å². The molecule has 1 aromatic rings. The normalized spacial score (nSPS) is 11.1. The van der Waals surface area contributed by atoms with E-state index in [-0.39, 0.29) is 16.9 Å². The Kier molecular flexibility index (Phi) is 5.10. The zero-order valence-corrected chi connectivity index (χ0v) is 11.7. The van der Waals surface area contributed by atoms with Gasteiger partial charge in [0, 0.05) is 13.0 Å². The molecule has 0 aromatic heterocycles. The van der Waals surface area contributed by atoms with Crippen LogP contribution in [0.1, 0.15) is 49.5 Å². The number of rotatable bonds is 5. The molecule has 1 aromatic carbocycles. The fraction of sp³-hybridized carbons (Fsp3) is 0.467. The Morgan fingerprint density at radius 1 is 1.26 bits per heavy atom. The highest BCUT2D eigenvalue weighted by Crippen LogP contribution is 2.20. The van der Waals surface area contributed by atoms with Crippen molar-refractivity contribution >= 4 is 11.9 Å². The molecule has 0 saturated heterocycles. The Morgan fingerprint density at radius 3 is 2.53 bits per heavy atom. The molecular weight excluding hydrogens is 242 g/mol. The predicted octanol–water partition coefficient (Wildman–Crippen LogP) is 2.83. The quantitative estimate of drug-likeness (QED) is 0.858. The molecule has 2 N–H and O–H groups in total. The molecule has 0 unspecified atom stereocenters. The van der Waals surface area contributed by atoms with E-state index in [0.717, 1.165) is 12.0 Å². The number of benzene rings is 1. The van der Waals surface area contributed by atoms with Gasteiger partial charge in [-0.25, -0.2) is 4.79 Å². The van der Waals surface area contributed by atoms with Gasteiger partial charge in [0.2, 0.25) is 5.91 Å². The molecule has 1 amide bonds. The summed E-state index contributed by atoms with van der Waals surface area (Å²) in [6.07, 6.45) is 1.32. The number of hydrogen-bond acceptors (Lipinski definition) is 2. The third kappa shape index (κ3) is 6.04. The monoisotopic (exact) mass is 263 g/mol. The first kappa shape index (κ1) is 15.2. The van der Waals surface area contributed by atoms with E-state index in [1.807, 2.05) is 0 Å². The number of carbonyl (C=O) groups is 2. The van der Waals surface area contributed by atoms with Crippen molar-refractivity contribution in [2.45, 2.75) is 40.2 Å². The average Bonchev–Trinajstić information content (AvgIpc) is 2.33. The van der Waals surface area contributed by atoms with Gasteiger partial charge >= 0.3 is 5.97 Å². The van der Waals surface area contributed by atoms with E-state index in [1.165, 1.54) is 6.07 Å². The Morgan fingerprint density at radius 2 is 1.95 bits per heavy atom. The third-order valence-electron chi connectivity index (χ3n) is 2.77. The summed E-state index contributed by atoms with van der Waals surface area (Å²) in [5.41, 5.74) is 1.17. The van der Waals surface area contributed by atoms with E-state index in [1.54, 1.807) is 18.2 Å². The minimum Gasteiger partial charge on any atom is -0.478 e. The second-order valence-corrected chi connectivity index (χ2v) is 5.84. The first-order valence-electron chi connectivity index (χ1n) is 6.37. The molecule has 0 aliphatic rings. The van der Waals surface area contributed by atoms with Gasteiger partial charge in [-0.15, -0.1) is 0 Å². The van der Waals surface area contributed by atoms with Crippen LogP contribution in [0.25, 0.3) is 0 Å². The first-order valence-corrected chi connectivity index (χ1v) is 6.37. The smallest absolute Gasteiger partial charge is 0.335 e. The van der Waals surface area contributed by atoms with Gasteiger partial charge in [-0.1, -0.05) is 32.9 Å². The second-order valence-electron chi connectivity index (χ2n) is 5.84. The molecule has 0 bridgehead atoms. The van der Waals surface area contributed by atoms with Crippen LogP contribution in [0.15, 0.2) is 24.3 Å². The van der Waals surface area contributed by atoms with Gasteiger partial charge < -0.3 is 10.4 Å². The lowest BCUT2D eigenvalue weighted by Gasteiger charge is -2.17. The van der Waals surface area contributed by atoms with Gasteiger partial charge in [-0.2, -0.15) is 0 Å². The number of amides is 1. The molecule has 0 radical (unpaired) electrons. The maximum atomic E-state index is 11.7. The van der Waals surface area contributed by atoms with Crippen LogP contribution in [0.3, 0.4) is 0 Å². The van der Waals surface area contributed by atoms with Crippen molar-refractivity contribution < 1.29 is 14.7 Å². The van der Waals surface area contributed by atoms with Gasteiger partial charge in [0.15, 0.2) is 0 Å². The number of carboxylic acids is 1. The second kappa shape index (κ2) is 6.36. The molecule has 4 heteroatoms. The summed E-state index contributed by atoms with van der Waals surface area (Å²) in [6, 6.07) is 6.59. The number of hydrogen-bond donors (Lipinski definition) is 2. The fourth-order valence-corrected chi connectivity index (χ4v) is 1.59. The summed E-state index contributed by atoms with van der Waals surface area (Å²) in [5, 5.41) is 11.7. The van der Waals surface area contributed by atoms with E-state index in [9.17, 15) is 9.59 Å². The SMILES string of the molecule is CC(C)(C)CCC(=O)NCc1cccc(C(=O)O)c1. The summed E-state index contributed by atoms with van der Waals surface area (Å²) in [6.45, 7) is 6.65. The van der Waals surface area contributed by atoms with Crippen LogP contribution in [0.4, 0.5) is 0 Å². The standard InChI is InChI=1S/C15H21NO3/c1-15(2,3)8-7-13(17)16-10-11-5-4-6-12(9-11)14(18)19/h4-6,9H,7-8,10H2,1-3H3,(H,16,17)(H,18,19). The van der Waals surface area contributed by atoms with E-state index in [4.69, 9.17) is 5.11 Å². The highest BCUT2D eigenvalue weighted by atomic mass is 16.4. The van der Waals surface area contributed by atoms with Gasteiger partial charge in [0.1, 0.15) is 0 Å². The first-order chi connectivity index (χ1) is 8.78. The summed E-state index contributed by atoms with van der Waals surface area (Å²) >= 11 is 0. The number of carbonyl (C=O) groups excluding carboxylic acids is 1. The van der Waals surface area contributed by atoms with Crippen LogP contribution in [-0.4, -0.2) is 17.0 Å². The zero-order valence-electron chi connectivity index (χ0n) is 11.7. The van der Waals surface area contributed by atoms with Gasteiger partial charge in [0.25, 0.3) is 0 Å². The lowest BCUT2D eigenvalue weighted by atomic mass is 9.90. The molecule has 0 fully saturated rings. The van der Waals surface area contributed by atoms with Crippen LogP contribution in [-0.2, 0) is 11.3 Å². The van der Waals surface area contributed by atoms with Crippen molar-refractivity contribution in [3.63, 3.8) is 0 Å². The van der Waals surface area contributed by atoms with E-state index in [2.05, 4.69) is 26.1 Å². The van der Waals surface area contributed by atoms with Crippen molar-refractivity contribution in [1.82, 2.24) is 5.32 Å². The lowest BCUT2D eigenvalue weighted by Crippen LogP contribution is -2.24. The van der Waals surface area contributed by atoms with E-state index < -0.39 is 5.97 Å². The largest absolute Gasteiger partial charge is 0.478 e. The van der Waals surface area contributed by atoms with Gasteiger partial charge in [-0.05, 0) is 29.5 Å². The van der Waals surface area contributed by atoms with Crippen molar-refractivity contribution in [2.75, 3.05) is 0 Å². The Bertz CT molecular complexity index is 461. The molecule has 104 valence electrons. The number of carboxylic acid groups (broad SMARTS) is 1. The summed E-state index contributed by atoms with van der Waals surface area (Å²) in [4.78, 5) is 22.5. The molecule has 4 nitrogen and oxygen atoms in total. The molecule has 0 atom stereocenters. The number of nitrogens with one attached hydrogen (secondary N) is 1. The lowest BCUT2D eigenvalue weighted by molar-refractivity contribution is -0.121. The third-order valence-corrected chi connectivity index (χ3v) is 2.77. The fourth-order valence-electron chi connectivity index (χ4n) is 1.59. The van der Waals surface area contributed by atoms with Gasteiger partial charge in [0.05, 0.1) is 5.56 Å². The maximum Gasteiger partial charge on any atom is 0.335 e. The van der Waals surface area contributed by atoms with Crippen molar-refractivity contribution in [1.29, 1.82) is 0 Å². The van der Waals surface area contributed by atoms with Crippen molar-refractivity contribution in [3.05, 3.63) is 35.4 Å². The Labute approximate surface area is 113 Å². The van der Waals surface area contributed by atoms with Crippen LogP contribution in [0.5, 0.6) is 0 Å². The average molecular weight is 263 g/mol. The Balaban J connectivity index is 2.46. The predicted molar refractivity (Wildman–Crippen MR) is 73.9 cm³/mol.